The van der Waals surface area contributed by atoms with E-state index in [0.717, 1.165) is 25.1 Å². The molecule has 1 aliphatic rings. The first kappa shape index (κ1) is 17.3. The van der Waals surface area contributed by atoms with Crippen LogP contribution in [0.15, 0.2) is 36.7 Å². The Kier molecular flexibility index (Phi) is 5.55. The van der Waals surface area contributed by atoms with Gasteiger partial charge < -0.3 is 15.1 Å². The number of nitrogens with one attached hydrogen (secondary N) is 1. The molecule has 1 aromatic heterocycles. The molecular weight excluding hydrogens is 321 g/mol. The van der Waals surface area contributed by atoms with Crippen LogP contribution in [0.5, 0.6) is 0 Å². The number of likely N-dealkylation sites (N-methyl/N-ethyl adjacent to an activating group) is 1. The molecule has 1 N–H and O–H groups in total. The van der Waals surface area contributed by atoms with Crippen LogP contribution in [-0.2, 0) is 6.42 Å². The van der Waals surface area contributed by atoms with Gasteiger partial charge in [-0.2, -0.15) is 0 Å². The Morgan fingerprint density at radius 3 is 2.48 bits per heavy atom. The Morgan fingerprint density at radius 2 is 1.84 bits per heavy atom. The second-order valence-electron chi connectivity index (χ2n) is 6.19. The average Bonchev–Trinajstić information content (AvgIpc) is 2.64. The topological polar surface area (TPSA) is 61.4 Å². The summed E-state index contributed by atoms with van der Waals surface area (Å²) < 4.78 is 12.9. The maximum atomic E-state index is 12.9. The minimum atomic E-state index is -0.233. The van der Waals surface area contributed by atoms with Crippen molar-refractivity contribution in [2.75, 3.05) is 45.1 Å². The Balaban J connectivity index is 1.50. The third-order valence-corrected chi connectivity index (χ3v) is 4.29. The van der Waals surface area contributed by atoms with E-state index in [1.54, 1.807) is 18.3 Å². The first-order valence-corrected chi connectivity index (χ1v) is 8.40. The fourth-order valence-electron chi connectivity index (χ4n) is 2.69. The summed E-state index contributed by atoms with van der Waals surface area (Å²) in [4.78, 5) is 24.9. The lowest BCUT2D eigenvalue weighted by Gasteiger charge is -2.32. The molecule has 0 bridgehead atoms. The van der Waals surface area contributed by atoms with Gasteiger partial charge in [0.15, 0.2) is 0 Å². The standard InChI is InChI=1S/C18H22FN5O/c1-23-8-10-24(11-9-23)18(25)16-12-22-17(13-21-16)20-7-6-14-2-4-15(19)5-3-14/h2-5,12-13H,6-11H2,1H3,(H,20,22). The van der Waals surface area contributed by atoms with Crippen molar-refractivity contribution in [3.05, 3.63) is 53.7 Å². The lowest BCUT2D eigenvalue weighted by atomic mass is 10.1. The summed E-state index contributed by atoms with van der Waals surface area (Å²) in [7, 11) is 2.05. The molecule has 1 amide bonds. The number of aromatic nitrogens is 2. The summed E-state index contributed by atoms with van der Waals surface area (Å²) in [6.45, 7) is 3.85. The van der Waals surface area contributed by atoms with Crippen molar-refractivity contribution < 1.29 is 9.18 Å². The number of hydrogen-bond acceptors (Lipinski definition) is 5. The number of amides is 1. The molecule has 2 aromatic rings. The Bertz CT molecular complexity index is 696. The minimum absolute atomic E-state index is 0.0709. The number of halogens is 1. The van der Waals surface area contributed by atoms with Crippen LogP contribution in [0.4, 0.5) is 10.2 Å². The normalized spacial score (nSPS) is 15.2. The lowest BCUT2D eigenvalue weighted by molar-refractivity contribution is 0.0658. The number of rotatable bonds is 5. The van der Waals surface area contributed by atoms with Crippen molar-refractivity contribution in [3.8, 4) is 0 Å². The van der Waals surface area contributed by atoms with Gasteiger partial charge in [0.25, 0.3) is 5.91 Å². The van der Waals surface area contributed by atoms with Crippen molar-refractivity contribution in [3.63, 3.8) is 0 Å². The monoisotopic (exact) mass is 343 g/mol. The van der Waals surface area contributed by atoms with Gasteiger partial charge in [0.2, 0.25) is 0 Å². The molecule has 2 heterocycles. The molecule has 0 atom stereocenters. The molecule has 3 rings (SSSR count). The summed E-state index contributed by atoms with van der Waals surface area (Å²) in [5.74, 6) is 0.318. The zero-order chi connectivity index (χ0) is 17.6. The highest BCUT2D eigenvalue weighted by molar-refractivity contribution is 5.92. The van der Waals surface area contributed by atoms with E-state index in [-0.39, 0.29) is 11.7 Å². The van der Waals surface area contributed by atoms with Crippen LogP contribution < -0.4 is 5.32 Å². The molecule has 6 nitrogen and oxygen atoms in total. The number of piperazine rings is 1. The van der Waals surface area contributed by atoms with Crippen LogP contribution in [0.1, 0.15) is 16.1 Å². The molecule has 0 aliphatic carbocycles. The molecule has 25 heavy (non-hydrogen) atoms. The Hall–Kier alpha value is -2.54. The van der Waals surface area contributed by atoms with E-state index >= 15 is 0 Å². The van der Waals surface area contributed by atoms with Crippen molar-refractivity contribution in [2.45, 2.75) is 6.42 Å². The van der Waals surface area contributed by atoms with Crippen LogP contribution in [0, 0.1) is 5.82 Å². The Labute approximate surface area is 146 Å². The fraction of sp³-hybridized carbons (Fsp3) is 0.389. The molecule has 0 unspecified atom stereocenters. The van der Waals surface area contributed by atoms with Crippen LogP contribution in [-0.4, -0.2) is 65.4 Å². The zero-order valence-corrected chi connectivity index (χ0v) is 14.3. The van der Waals surface area contributed by atoms with E-state index < -0.39 is 0 Å². The summed E-state index contributed by atoms with van der Waals surface area (Å²) in [6.07, 6.45) is 3.85. The molecule has 7 heteroatoms. The molecule has 0 saturated carbocycles. The second-order valence-corrected chi connectivity index (χ2v) is 6.19. The van der Waals surface area contributed by atoms with Gasteiger partial charge in [-0.25, -0.2) is 14.4 Å². The van der Waals surface area contributed by atoms with Crippen molar-refractivity contribution >= 4 is 11.7 Å². The van der Waals surface area contributed by atoms with Gasteiger partial charge in [0.1, 0.15) is 17.3 Å². The van der Waals surface area contributed by atoms with E-state index in [0.29, 0.717) is 31.1 Å². The lowest BCUT2D eigenvalue weighted by Crippen LogP contribution is -2.47. The van der Waals surface area contributed by atoms with E-state index in [2.05, 4.69) is 20.2 Å². The maximum Gasteiger partial charge on any atom is 0.274 e. The first-order chi connectivity index (χ1) is 12.1. The molecule has 0 spiro atoms. The van der Waals surface area contributed by atoms with Crippen LogP contribution in [0.2, 0.25) is 0 Å². The Morgan fingerprint density at radius 1 is 1.12 bits per heavy atom. The van der Waals surface area contributed by atoms with Crippen LogP contribution in [0.3, 0.4) is 0 Å². The SMILES string of the molecule is CN1CCN(C(=O)c2cnc(NCCc3ccc(F)cc3)cn2)CC1. The minimum Gasteiger partial charge on any atom is -0.368 e. The van der Waals surface area contributed by atoms with E-state index in [1.165, 1.54) is 18.3 Å². The van der Waals surface area contributed by atoms with Gasteiger partial charge >= 0.3 is 0 Å². The summed E-state index contributed by atoms with van der Waals surface area (Å²) in [6, 6.07) is 6.43. The van der Waals surface area contributed by atoms with Crippen molar-refractivity contribution in [1.82, 2.24) is 19.8 Å². The number of benzene rings is 1. The number of nitrogens with zero attached hydrogens (tertiary/aromatic N) is 4. The smallest absolute Gasteiger partial charge is 0.274 e. The number of hydrogen-bond donors (Lipinski definition) is 1. The molecule has 1 aromatic carbocycles. The number of carbonyl (C=O) groups excluding carboxylic acids is 1. The third-order valence-electron chi connectivity index (χ3n) is 4.29. The molecule has 1 saturated heterocycles. The van der Waals surface area contributed by atoms with Crippen molar-refractivity contribution in [1.29, 1.82) is 0 Å². The van der Waals surface area contributed by atoms with Gasteiger partial charge in [0.05, 0.1) is 12.4 Å². The predicted molar refractivity (Wildman–Crippen MR) is 94.0 cm³/mol. The highest BCUT2D eigenvalue weighted by Crippen LogP contribution is 2.08. The zero-order valence-electron chi connectivity index (χ0n) is 14.3. The van der Waals surface area contributed by atoms with Crippen LogP contribution >= 0.6 is 0 Å². The van der Waals surface area contributed by atoms with Gasteiger partial charge in [-0.3, -0.25) is 4.79 Å². The largest absolute Gasteiger partial charge is 0.368 e. The van der Waals surface area contributed by atoms with E-state index in [9.17, 15) is 9.18 Å². The first-order valence-electron chi connectivity index (χ1n) is 8.40. The average molecular weight is 343 g/mol. The van der Waals surface area contributed by atoms with Crippen molar-refractivity contribution in [2.24, 2.45) is 0 Å². The predicted octanol–water partition coefficient (Wildman–Crippen LogP) is 1.66. The van der Waals surface area contributed by atoms with Gasteiger partial charge in [-0.1, -0.05) is 12.1 Å². The van der Waals surface area contributed by atoms with E-state index in [4.69, 9.17) is 0 Å². The highest BCUT2D eigenvalue weighted by atomic mass is 19.1. The van der Waals surface area contributed by atoms with Gasteiger partial charge in [-0.05, 0) is 31.2 Å². The summed E-state index contributed by atoms with van der Waals surface area (Å²) in [5.41, 5.74) is 1.41. The molecule has 0 radical (unpaired) electrons. The fourth-order valence-corrected chi connectivity index (χ4v) is 2.69. The summed E-state index contributed by atoms with van der Waals surface area (Å²) >= 11 is 0. The molecular formula is C18H22FN5O. The van der Waals surface area contributed by atoms with Gasteiger partial charge in [-0.15, -0.1) is 0 Å². The highest BCUT2D eigenvalue weighted by Gasteiger charge is 2.21. The number of carbonyl (C=O) groups is 1. The van der Waals surface area contributed by atoms with Crippen LogP contribution in [0.25, 0.3) is 0 Å². The maximum absolute atomic E-state index is 12.9. The molecule has 1 fully saturated rings. The quantitative estimate of drug-likeness (QED) is 0.895. The molecule has 1 aliphatic heterocycles. The third kappa shape index (κ3) is 4.73. The molecule has 132 valence electrons. The van der Waals surface area contributed by atoms with E-state index in [1.807, 2.05) is 11.9 Å². The second kappa shape index (κ2) is 8.02. The summed E-state index contributed by atoms with van der Waals surface area (Å²) in [5, 5.41) is 3.16. The van der Waals surface area contributed by atoms with Gasteiger partial charge in [0, 0.05) is 32.7 Å². The number of anilines is 1.